The number of aliphatic hydroxyl groups is 1. The van der Waals surface area contributed by atoms with Gasteiger partial charge in [-0.2, -0.15) is 0 Å². The van der Waals surface area contributed by atoms with Crippen LogP contribution in [0.15, 0.2) is 54.6 Å². The molecule has 1 atom stereocenters. The molecule has 0 radical (unpaired) electrons. The molecule has 2 aromatic carbocycles. The Labute approximate surface area is 117 Å². The maximum Gasteiger partial charge on any atom is 0.253 e. The lowest BCUT2D eigenvalue weighted by Crippen LogP contribution is -2.40. The standard InChI is InChI=1S/C16H15NO3/c1-11-7-9-13(10-8-11)15(19)17-16(20)14(18)12-5-3-2-4-6-12/h2-10,16,20H,1H3,(H,17,19)/t16-/m0/s1. The van der Waals surface area contributed by atoms with E-state index in [1.54, 1.807) is 54.6 Å². The lowest BCUT2D eigenvalue weighted by atomic mass is 10.1. The van der Waals surface area contributed by atoms with Crippen LogP contribution in [0.25, 0.3) is 0 Å². The summed E-state index contributed by atoms with van der Waals surface area (Å²) in [6, 6.07) is 15.2. The van der Waals surface area contributed by atoms with Gasteiger partial charge in [-0.25, -0.2) is 0 Å². The molecule has 4 nitrogen and oxygen atoms in total. The van der Waals surface area contributed by atoms with Crippen molar-refractivity contribution in [2.45, 2.75) is 13.2 Å². The number of hydrogen-bond donors (Lipinski definition) is 2. The summed E-state index contributed by atoms with van der Waals surface area (Å²) in [5.74, 6) is -1.02. The molecule has 0 heterocycles. The normalized spacial score (nSPS) is 11.7. The molecule has 2 rings (SSSR count). The molecule has 0 bridgehead atoms. The Morgan fingerprint density at radius 2 is 1.55 bits per heavy atom. The van der Waals surface area contributed by atoms with E-state index in [2.05, 4.69) is 5.32 Å². The van der Waals surface area contributed by atoms with Crippen LogP contribution in [0.5, 0.6) is 0 Å². The van der Waals surface area contributed by atoms with Gasteiger partial charge in [0.25, 0.3) is 5.91 Å². The summed E-state index contributed by atoms with van der Waals surface area (Å²) in [5, 5.41) is 12.1. The van der Waals surface area contributed by atoms with E-state index in [1.165, 1.54) is 0 Å². The fourth-order valence-electron chi connectivity index (χ4n) is 1.74. The van der Waals surface area contributed by atoms with Crippen LogP contribution in [0.3, 0.4) is 0 Å². The van der Waals surface area contributed by atoms with Crippen LogP contribution >= 0.6 is 0 Å². The number of aryl methyl sites for hydroxylation is 1. The van der Waals surface area contributed by atoms with Gasteiger partial charge in [0.1, 0.15) is 0 Å². The van der Waals surface area contributed by atoms with Crippen LogP contribution in [-0.4, -0.2) is 23.0 Å². The molecule has 2 N–H and O–H groups in total. The third-order valence-corrected chi connectivity index (χ3v) is 2.89. The first-order chi connectivity index (χ1) is 9.58. The molecule has 0 aliphatic rings. The number of nitrogens with one attached hydrogen (secondary N) is 1. The predicted molar refractivity (Wildman–Crippen MR) is 75.4 cm³/mol. The summed E-state index contributed by atoms with van der Waals surface area (Å²) < 4.78 is 0. The molecule has 0 aliphatic heterocycles. The zero-order chi connectivity index (χ0) is 14.5. The molecule has 1 amide bonds. The van der Waals surface area contributed by atoms with E-state index in [0.717, 1.165) is 5.56 Å². The molecule has 20 heavy (non-hydrogen) atoms. The summed E-state index contributed by atoms with van der Waals surface area (Å²) in [6.45, 7) is 1.91. The predicted octanol–water partition coefficient (Wildman–Crippen LogP) is 1.93. The Hall–Kier alpha value is -2.46. The van der Waals surface area contributed by atoms with Gasteiger partial charge in [0.05, 0.1) is 0 Å². The molecule has 0 aromatic heterocycles. The number of hydrogen-bond acceptors (Lipinski definition) is 3. The topological polar surface area (TPSA) is 66.4 Å². The van der Waals surface area contributed by atoms with Crippen molar-refractivity contribution in [3.8, 4) is 0 Å². The van der Waals surface area contributed by atoms with Crippen LogP contribution in [0.2, 0.25) is 0 Å². The van der Waals surface area contributed by atoms with Gasteiger partial charge in [0.2, 0.25) is 5.78 Å². The Bertz CT molecular complexity index is 605. The average molecular weight is 269 g/mol. The lowest BCUT2D eigenvalue weighted by molar-refractivity contribution is 0.0607. The van der Waals surface area contributed by atoms with Crippen molar-refractivity contribution in [3.63, 3.8) is 0 Å². The van der Waals surface area contributed by atoms with Gasteiger partial charge in [-0.05, 0) is 19.1 Å². The van der Waals surface area contributed by atoms with Crippen molar-refractivity contribution >= 4 is 11.7 Å². The van der Waals surface area contributed by atoms with Crippen LogP contribution in [0.4, 0.5) is 0 Å². The second-order valence-electron chi connectivity index (χ2n) is 4.47. The van der Waals surface area contributed by atoms with E-state index in [9.17, 15) is 14.7 Å². The van der Waals surface area contributed by atoms with Crippen molar-refractivity contribution in [3.05, 3.63) is 71.3 Å². The highest BCUT2D eigenvalue weighted by molar-refractivity contribution is 6.03. The quantitative estimate of drug-likeness (QED) is 0.658. The van der Waals surface area contributed by atoms with E-state index in [4.69, 9.17) is 0 Å². The highest BCUT2D eigenvalue weighted by Gasteiger charge is 2.19. The number of rotatable bonds is 4. The van der Waals surface area contributed by atoms with Crippen molar-refractivity contribution in [2.24, 2.45) is 0 Å². The minimum Gasteiger partial charge on any atom is -0.367 e. The molecular weight excluding hydrogens is 254 g/mol. The number of aliphatic hydroxyl groups excluding tert-OH is 1. The van der Waals surface area contributed by atoms with E-state index >= 15 is 0 Å². The third kappa shape index (κ3) is 3.30. The molecule has 0 fully saturated rings. The summed E-state index contributed by atoms with van der Waals surface area (Å²) in [4.78, 5) is 23.8. The van der Waals surface area contributed by atoms with E-state index in [-0.39, 0.29) is 0 Å². The highest BCUT2D eigenvalue weighted by atomic mass is 16.3. The molecule has 2 aromatic rings. The smallest absolute Gasteiger partial charge is 0.253 e. The summed E-state index contributed by atoms with van der Waals surface area (Å²) in [7, 11) is 0. The molecule has 4 heteroatoms. The van der Waals surface area contributed by atoms with Crippen molar-refractivity contribution in [1.82, 2.24) is 5.32 Å². The number of amides is 1. The molecule has 0 spiro atoms. The van der Waals surface area contributed by atoms with Gasteiger partial charge < -0.3 is 10.4 Å². The number of ketones is 1. The molecule has 102 valence electrons. The Balaban J connectivity index is 2.04. The summed E-state index contributed by atoms with van der Waals surface area (Å²) in [5.41, 5.74) is 1.78. The first kappa shape index (κ1) is 14.0. The first-order valence-corrected chi connectivity index (χ1v) is 6.23. The van der Waals surface area contributed by atoms with Gasteiger partial charge in [-0.3, -0.25) is 9.59 Å². The first-order valence-electron chi connectivity index (χ1n) is 6.23. The number of Topliss-reactive ketones (excluding diaryl/α,β-unsaturated/α-hetero) is 1. The molecule has 0 aliphatic carbocycles. The second kappa shape index (κ2) is 6.12. The van der Waals surface area contributed by atoms with E-state index in [1.807, 2.05) is 6.92 Å². The fraction of sp³-hybridized carbons (Fsp3) is 0.125. The highest BCUT2D eigenvalue weighted by Crippen LogP contribution is 2.05. The number of carbonyl (C=O) groups excluding carboxylic acids is 2. The Morgan fingerprint density at radius 3 is 2.15 bits per heavy atom. The third-order valence-electron chi connectivity index (χ3n) is 2.89. The minimum atomic E-state index is -1.55. The molecule has 0 unspecified atom stereocenters. The molecule has 0 saturated heterocycles. The summed E-state index contributed by atoms with van der Waals surface area (Å²) in [6.07, 6.45) is -1.55. The largest absolute Gasteiger partial charge is 0.367 e. The number of benzene rings is 2. The molecule has 0 saturated carbocycles. The van der Waals surface area contributed by atoms with Gasteiger partial charge in [0.15, 0.2) is 6.23 Å². The van der Waals surface area contributed by atoms with Crippen LogP contribution in [-0.2, 0) is 0 Å². The molecular formula is C16H15NO3. The summed E-state index contributed by atoms with van der Waals surface area (Å²) >= 11 is 0. The van der Waals surface area contributed by atoms with Crippen molar-refractivity contribution in [1.29, 1.82) is 0 Å². The van der Waals surface area contributed by atoms with Crippen molar-refractivity contribution in [2.75, 3.05) is 0 Å². The van der Waals surface area contributed by atoms with Crippen molar-refractivity contribution < 1.29 is 14.7 Å². The second-order valence-corrected chi connectivity index (χ2v) is 4.47. The zero-order valence-corrected chi connectivity index (χ0v) is 11.0. The minimum absolute atomic E-state index is 0.351. The van der Waals surface area contributed by atoms with Gasteiger partial charge in [-0.1, -0.05) is 48.0 Å². The van der Waals surface area contributed by atoms with Crippen LogP contribution in [0, 0.1) is 6.92 Å². The fourth-order valence-corrected chi connectivity index (χ4v) is 1.74. The van der Waals surface area contributed by atoms with Gasteiger partial charge >= 0.3 is 0 Å². The van der Waals surface area contributed by atoms with Crippen LogP contribution < -0.4 is 5.32 Å². The SMILES string of the molecule is Cc1ccc(C(=O)N[C@@H](O)C(=O)c2ccccc2)cc1. The van der Waals surface area contributed by atoms with E-state index < -0.39 is 17.9 Å². The average Bonchev–Trinajstić information content (AvgIpc) is 2.48. The maximum atomic E-state index is 11.9. The number of carbonyl (C=O) groups is 2. The van der Waals surface area contributed by atoms with Gasteiger partial charge in [-0.15, -0.1) is 0 Å². The lowest BCUT2D eigenvalue weighted by Gasteiger charge is -2.12. The van der Waals surface area contributed by atoms with Crippen LogP contribution in [0.1, 0.15) is 26.3 Å². The van der Waals surface area contributed by atoms with E-state index in [0.29, 0.717) is 11.1 Å². The maximum absolute atomic E-state index is 11.9. The van der Waals surface area contributed by atoms with Gasteiger partial charge in [0, 0.05) is 11.1 Å². The monoisotopic (exact) mass is 269 g/mol. The Kier molecular flexibility index (Phi) is 4.27. The zero-order valence-electron chi connectivity index (χ0n) is 11.0. The Morgan fingerprint density at radius 1 is 0.950 bits per heavy atom.